The lowest BCUT2D eigenvalue weighted by Gasteiger charge is -2.24. The Labute approximate surface area is 178 Å². The number of rotatable bonds is 15. The number of carbonyl (C=O) groups is 2. The van der Waals surface area contributed by atoms with E-state index in [2.05, 4.69) is 20.8 Å². The van der Waals surface area contributed by atoms with Gasteiger partial charge in [0.05, 0.1) is 25.2 Å². The molecule has 0 bridgehead atoms. The monoisotopic (exact) mass is 416 g/mol. The molecule has 0 aromatic rings. The van der Waals surface area contributed by atoms with E-state index < -0.39 is 11.9 Å². The zero-order chi connectivity index (χ0) is 22.4. The first-order valence-electron chi connectivity index (χ1n) is 11.2. The molecule has 4 atom stereocenters. The van der Waals surface area contributed by atoms with Crippen molar-refractivity contribution < 1.29 is 28.5 Å². The molecular formula is C23H44O6. The van der Waals surface area contributed by atoms with Gasteiger partial charge in [0.15, 0.2) is 6.29 Å². The zero-order valence-electron chi connectivity index (χ0n) is 19.9. The van der Waals surface area contributed by atoms with Gasteiger partial charge < -0.3 is 18.9 Å². The van der Waals surface area contributed by atoms with E-state index in [0.29, 0.717) is 32.0 Å². The number of ether oxygens (including phenoxy) is 4. The molecule has 0 saturated heterocycles. The quantitative estimate of drug-likeness (QED) is 0.206. The Morgan fingerprint density at radius 3 is 2.10 bits per heavy atom. The second-order valence-electron chi connectivity index (χ2n) is 8.80. The molecule has 0 spiro atoms. The standard InChI is InChI=1S/C23H44O6/c1-9-12-20(22(25)29-23(6,7)8)13-11-14-21(24)28-19(5)27-16-15-26-18(4)17(3)10-2/h17-20H,9-16H2,1-8H3. The van der Waals surface area contributed by atoms with Crippen molar-refractivity contribution in [3.63, 3.8) is 0 Å². The molecule has 0 heterocycles. The lowest BCUT2D eigenvalue weighted by Crippen LogP contribution is -2.29. The van der Waals surface area contributed by atoms with Gasteiger partial charge in [0.2, 0.25) is 0 Å². The van der Waals surface area contributed by atoms with Crippen LogP contribution in [0, 0.1) is 11.8 Å². The van der Waals surface area contributed by atoms with Gasteiger partial charge in [-0.3, -0.25) is 9.59 Å². The van der Waals surface area contributed by atoms with E-state index in [1.165, 1.54) is 0 Å². The average Bonchev–Trinajstić information content (AvgIpc) is 2.62. The number of hydrogen-bond donors (Lipinski definition) is 0. The van der Waals surface area contributed by atoms with E-state index in [1.807, 2.05) is 27.7 Å². The minimum Gasteiger partial charge on any atom is -0.460 e. The fourth-order valence-electron chi connectivity index (χ4n) is 2.83. The Morgan fingerprint density at radius 1 is 0.931 bits per heavy atom. The largest absolute Gasteiger partial charge is 0.460 e. The number of carbonyl (C=O) groups excluding carboxylic acids is 2. The molecule has 0 aliphatic rings. The van der Waals surface area contributed by atoms with E-state index in [4.69, 9.17) is 18.9 Å². The SMILES string of the molecule is CCCC(CCCC(=O)OC(C)OCCOC(C)C(C)CC)C(=O)OC(C)(C)C. The molecule has 6 nitrogen and oxygen atoms in total. The molecule has 4 unspecified atom stereocenters. The van der Waals surface area contributed by atoms with Gasteiger partial charge in [0, 0.05) is 6.42 Å². The van der Waals surface area contributed by atoms with Gasteiger partial charge in [0.25, 0.3) is 0 Å². The minimum atomic E-state index is -0.609. The maximum atomic E-state index is 12.3. The van der Waals surface area contributed by atoms with Crippen LogP contribution in [0.1, 0.15) is 93.9 Å². The van der Waals surface area contributed by atoms with Gasteiger partial charge in [-0.1, -0.05) is 33.6 Å². The summed E-state index contributed by atoms with van der Waals surface area (Å²) in [7, 11) is 0. The lowest BCUT2D eigenvalue weighted by molar-refractivity contribution is -0.178. The Balaban J connectivity index is 4.09. The summed E-state index contributed by atoms with van der Waals surface area (Å²) in [6.45, 7) is 16.5. The molecule has 0 aromatic heterocycles. The second kappa shape index (κ2) is 14.8. The topological polar surface area (TPSA) is 71.1 Å². The summed E-state index contributed by atoms with van der Waals surface area (Å²) in [6, 6.07) is 0. The first-order valence-corrected chi connectivity index (χ1v) is 11.2. The van der Waals surface area contributed by atoms with E-state index in [0.717, 1.165) is 19.3 Å². The summed E-state index contributed by atoms with van der Waals surface area (Å²) in [6.07, 6.45) is 3.78. The van der Waals surface area contributed by atoms with Crippen molar-refractivity contribution in [2.75, 3.05) is 13.2 Å². The summed E-state index contributed by atoms with van der Waals surface area (Å²) < 4.78 is 22.0. The highest BCUT2D eigenvalue weighted by molar-refractivity contribution is 5.73. The van der Waals surface area contributed by atoms with Crippen molar-refractivity contribution in [2.24, 2.45) is 11.8 Å². The van der Waals surface area contributed by atoms with Gasteiger partial charge in [0.1, 0.15) is 5.60 Å². The van der Waals surface area contributed by atoms with E-state index in [1.54, 1.807) is 6.92 Å². The van der Waals surface area contributed by atoms with Gasteiger partial charge in [-0.05, 0) is 59.8 Å². The first kappa shape index (κ1) is 27.9. The Bertz CT molecular complexity index is 457. The van der Waals surface area contributed by atoms with Crippen LogP contribution in [-0.4, -0.2) is 43.1 Å². The fourth-order valence-corrected chi connectivity index (χ4v) is 2.83. The van der Waals surface area contributed by atoms with Crippen LogP contribution in [0.4, 0.5) is 0 Å². The summed E-state index contributed by atoms with van der Waals surface area (Å²) >= 11 is 0. The van der Waals surface area contributed by atoms with E-state index >= 15 is 0 Å². The molecular weight excluding hydrogens is 372 g/mol. The van der Waals surface area contributed by atoms with Crippen LogP contribution in [0.2, 0.25) is 0 Å². The van der Waals surface area contributed by atoms with Crippen LogP contribution >= 0.6 is 0 Å². The van der Waals surface area contributed by atoms with Crippen LogP contribution in [0.3, 0.4) is 0 Å². The molecule has 0 amide bonds. The number of hydrogen-bond acceptors (Lipinski definition) is 6. The second-order valence-corrected chi connectivity index (χ2v) is 8.80. The zero-order valence-corrected chi connectivity index (χ0v) is 19.9. The highest BCUT2D eigenvalue weighted by atomic mass is 16.7. The third-order valence-electron chi connectivity index (χ3n) is 4.87. The van der Waals surface area contributed by atoms with Gasteiger partial charge in [-0.15, -0.1) is 0 Å². The van der Waals surface area contributed by atoms with Gasteiger partial charge >= 0.3 is 11.9 Å². The van der Waals surface area contributed by atoms with Crippen LogP contribution < -0.4 is 0 Å². The minimum absolute atomic E-state index is 0.176. The third-order valence-corrected chi connectivity index (χ3v) is 4.87. The molecule has 0 N–H and O–H groups in total. The summed E-state index contributed by atoms with van der Waals surface area (Å²) in [4.78, 5) is 24.3. The van der Waals surface area contributed by atoms with Crippen molar-refractivity contribution in [2.45, 2.75) is 112 Å². The number of esters is 2. The van der Waals surface area contributed by atoms with Crippen molar-refractivity contribution in [3.8, 4) is 0 Å². The molecule has 0 saturated carbocycles. The van der Waals surface area contributed by atoms with E-state index in [-0.39, 0.29) is 30.4 Å². The molecule has 6 heteroatoms. The Morgan fingerprint density at radius 2 is 1.55 bits per heavy atom. The van der Waals surface area contributed by atoms with Gasteiger partial charge in [-0.25, -0.2) is 0 Å². The molecule has 0 rings (SSSR count). The molecule has 0 aliphatic heterocycles. The van der Waals surface area contributed by atoms with Crippen molar-refractivity contribution in [1.82, 2.24) is 0 Å². The predicted octanol–water partition coefficient (Wildman–Crippen LogP) is 5.27. The van der Waals surface area contributed by atoms with Gasteiger partial charge in [-0.2, -0.15) is 0 Å². The van der Waals surface area contributed by atoms with Crippen molar-refractivity contribution in [3.05, 3.63) is 0 Å². The van der Waals surface area contributed by atoms with Crippen molar-refractivity contribution >= 4 is 11.9 Å². The highest BCUT2D eigenvalue weighted by Gasteiger charge is 2.24. The third kappa shape index (κ3) is 14.5. The molecule has 0 aromatic carbocycles. The molecule has 0 fully saturated rings. The first-order chi connectivity index (χ1) is 13.5. The molecule has 29 heavy (non-hydrogen) atoms. The smallest absolute Gasteiger partial charge is 0.309 e. The van der Waals surface area contributed by atoms with Crippen LogP contribution in [0.5, 0.6) is 0 Å². The van der Waals surface area contributed by atoms with E-state index in [9.17, 15) is 9.59 Å². The van der Waals surface area contributed by atoms with Crippen molar-refractivity contribution in [1.29, 1.82) is 0 Å². The maximum absolute atomic E-state index is 12.3. The highest BCUT2D eigenvalue weighted by Crippen LogP contribution is 2.20. The Hall–Kier alpha value is -1.14. The summed E-state index contributed by atoms with van der Waals surface area (Å²) in [5.41, 5.74) is -0.495. The maximum Gasteiger partial charge on any atom is 0.309 e. The fraction of sp³-hybridized carbons (Fsp3) is 0.913. The Kier molecular flexibility index (Phi) is 14.2. The van der Waals surface area contributed by atoms with Crippen LogP contribution in [0.15, 0.2) is 0 Å². The predicted molar refractivity (Wildman–Crippen MR) is 114 cm³/mol. The van der Waals surface area contributed by atoms with Crippen LogP contribution in [-0.2, 0) is 28.5 Å². The summed E-state index contributed by atoms with van der Waals surface area (Å²) in [5, 5.41) is 0. The average molecular weight is 417 g/mol. The van der Waals surface area contributed by atoms with Crippen LogP contribution in [0.25, 0.3) is 0 Å². The molecule has 0 radical (unpaired) electrons. The molecule has 0 aliphatic carbocycles. The normalized spacial score (nSPS) is 16.0. The lowest BCUT2D eigenvalue weighted by atomic mass is 9.97. The summed E-state index contributed by atoms with van der Waals surface area (Å²) in [5.74, 6) is -0.172. The molecule has 172 valence electrons.